The molecule has 1 atom stereocenters. The van der Waals surface area contributed by atoms with E-state index in [4.69, 9.17) is 4.74 Å². The number of likely N-dealkylation sites (N-methyl/N-ethyl adjacent to an activating group) is 1. The number of methoxy groups -OCH3 is 1. The van der Waals surface area contributed by atoms with Crippen LogP contribution in [0.3, 0.4) is 0 Å². The van der Waals surface area contributed by atoms with Gasteiger partial charge in [-0.15, -0.1) is 12.4 Å². The van der Waals surface area contributed by atoms with Crippen molar-refractivity contribution in [2.45, 2.75) is 32.4 Å². The molecule has 1 saturated heterocycles. The smallest absolute Gasteiger partial charge is 0.239 e. The fourth-order valence-electron chi connectivity index (χ4n) is 2.55. The van der Waals surface area contributed by atoms with E-state index < -0.39 is 0 Å². The van der Waals surface area contributed by atoms with Crippen molar-refractivity contribution in [2.75, 3.05) is 20.7 Å². The molecule has 1 aromatic rings. The molecule has 0 saturated carbocycles. The number of nitrogens with zero attached hydrogens (tertiary/aromatic N) is 1. The summed E-state index contributed by atoms with van der Waals surface area (Å²) in [5.41, 5.74) is 2.23. The molecule has 0 aliphatic carbocycles. The van der Waals surface area contributed by atoms with Crippen molar-refractivity contribution in [1.29, 1.82) is 0 Å². The van der Waals surface area contributed by atoms with Crippen LogP contribution in [-0.4, -0.2) is 37.6 Å². The molecular formula is C15H23ClN2O2. The average molecular weight is 299 g/mol. The summed E-state index contributed by atoms with van der Waals surface area (Å²) in [5.74, 6) is 1.07. The van der Waals surface area contributed by atoms with Gasteiger partial charge in [0.05, 0.1) is 13.2 Å². The molecule has 0 radical (unpaired) electrons. The summed E-state index contributed by atoms with van der Waals surface area (Å²) in [5, 5.41) is 3.24. The van der Waals surface area contributed by atoms with Gasteiger partial charge < -0.3 is 15.0 Å². The van der Waals surface area contributed by atoms with Crippen LogP contribution in [0.25, 0.3) is 0 Å². The summed E-state index contributed by atoms with van der Waals surface area (Å²) in [7, 11) is 3.53. The third-order valence-corrected chi connectivity index (χ3v) is 3.61. The highest BCUT2D eigenvalue weighted by Crippen LogP contribution is 2.19. The fourth-order valence-corrected chi connectivity index (χ4v) is 2.55. The molecule has 0 aromatic heterocycles. The number of carbonyl (C=O) groups excluding carboxylic acids is 1. The second kappa shape index (κ2) is 7.50. The van der Waals surface area contributed by atoms with Crippen LogP contribution in [0.2, 0.25) is 0 Å². The molecule has 1 fully saturated rings. The Hall–Kier alpha value is -1.26. The Morgan fingerprint density at radius 2 is 2.25 bits per heavy atom. The first-order valence-electron chi connectivity index (χ1n) is 6.73. The Bertz CT molecular complexity index is 459. The lowest BCUT2D eigenvalue weighted by Gasteiger charge is -2.21. The van der Waals surface area contributed by atoms with Gasteiger partial charge in [0.25, 0.3) is 0 Å². The van der Waals surface area contributed by atoms with Crippen molar-refractivity contribution < 1.29 is 9.53 Å². The molecule has 0 unspecified atom stereocenters. The number of benzene rings is 1. The molecule has 0 bridgehead atoms. The van der Waals surface area contributed by atoms with Gasteiger partial charge in [-0.05, 0) is 43.5 Å². The molecular weight excluding hydrogens is 276 g/mol. The molecule has 112 valence electrons. The van der Waals surface area contributed by atoms with Crippen LogP contribution in [0.15, 0.2) is 18.2 Å². The van der Waals surface area contributed by atoms with Crippen molar-refractivity contribution in [1.82, 2.24) is 10.2 Å². The minimum atomic E-state index is 0. The Morgan fingerprint density at radius 1 is 1.50 bits per heavy atom. The number of aryl methyl sites for hydroxylation is 1. The van der Waals surface area contributed by atoms with E-state index in [0.717, 1.165) is 36.3 Å². The number of amides is 1. The molecule has 1 aliphatic heterocycles. The maximum absolute atomic E-state index is 12.2. The van der Waals surface area contributed by atoms with Crippen LogP contribution >= 0.6 is 12.4 Å². The van der Waals surface area contributed by atoms with Gasteiger partial charge in [-0.2, -0.15) is 0 Å². The topological polar surface area (TPSA) is 41.6 Å². The van der Waals surface area contributed by atoms with Gasteiger partial charge in [0.1, 0.15) is 5.75 Å². The van der Waals surface area contributed by atoms with Gasteiger partial charge >= 0.3 is 0 Å². The SMILES string of the molecule is COc1ccc(CN(C)C(=O)[C@@H]2CCCN2)cc1C.Cl. The van der Waals surface area contributed by atoms with Gasteiger partial charge in [-0.3, -0.25) is 4.79 Å². The van der Waals surface area contributed by atoms with E-state index in [1.165, 1.54) is 0 Å². The van der Waals surface area contributed by atoms with E-state index in [-0.39, 0.29) is 24.4 Å². The number of ether oxygens (including phenoxy) is 1. The standard InChI is InChI=1S/C15H22N2O2.ClH/c1-11-9-12(6-7-14(11)19-3)10-17(2)15(18)13-5-4-8-16-13;/h6-7,9,13,16H,4-5,8,10H2,1-3H3;1H/t13-;/m0./s1. The number of hydrogen-bond donors (Lipinski definition) is 1. The highest BCUT2D eigenvalue weighted by molar-refractivity contribution is 5.85. The van der Waals surface area contributed by atoms with E-state index in [0.29, 0.717) is 6.54 Å². The van der Waals surface area contributed by atoms with Crippen LogP contribution in [-0.2, 0) is 11.3 Å². The summed E-state index contributed by atoms with van der Waals surface area (Å²) in [6, 6.07) is 6.04. The number of carbonyl (C=O) groups is 1. The van der Waals surface area contributed by atoms with E-state index >= 15 is 0 Å². The average Bonchev–Trinajstić information content (AvgIpc) is 2.92. The molecule has 0 spiro atoms. The number of halogens is 1. The predicted molar refractivity (Wildman–Crippen MR) is 82.5 cm³/mol. The normalized spacial score (nSPS) is 17.4. The molecule has 1 aromatic carbocycles. The van der Waals surface area contributed by atoms with Crippen LogP contribution in [0.5, 0.6) is 5.75 Å². The lowest BCUT2D eigenvalue weighted by molar-refractivity contribution is -0.132. The number of hydrogen-bond acceptors (Lipinski definition) is 3. The zero-order chi connectivity index (χ0) is 13.8. The molecule has 1 N–H and O–H groups in total. The second-order valence-corrected chi connectivity index (χ2v) is 5.15. The molecule has 20 heavy (non-hydrogen) atoms. The first-order valence-corrected chi connectivity index (χ1v) is 6.73. The summed E-state index contributed by atoms with van der Waals surface area (Å²) >= 11 is 0. The quantitative estimate of drug-likeness (QED) is 0.926. The highest BCUT2D eigenvalue weighted by Gasteiger charge is 2.24. The van der Waals surface area contributed by atoms with E-state index in [2.05, 4.69) is 11.4 Å². The zero-order valence-corrected chi connectivity index (χ0v) is 13.1. The fraction of sp³-hybridized carbons (Fsp3) is 0.533. The van der Waals surface area contributed by atoms with Crippen molar-refractivity contribution in [3.8, 4) is 5.75 Å². The maximum Gasteiger partial charge on any atom is 0.239 e. The highest BCUT2D eigenvalue weighted by atomic mass is 35.5. The van der Waals surface area contributed by atoms with E-state index in [9.17, 15) is 4.79 Å². The van der Waals surface area contributed by atoms with Crippen molar-refractivity contribution >= 4 is 18.3 Å². The van der Waals surface area contributed by atoms with Crippen LogP contribution in [0, 0.1) is 6.92 Å². The lowest BCUT2D eigenvalue weighted by atomic mass is 10.1. The van der Waals surface area contributed by atoms with Crippen molar-refractivity contribution in [2.24, 2.45) is 0 Å². The van der Waals surface area contributed by atoms with Gasteiger partial charge in [0.2, 0.25) is 5.91 Å². The van der Waals surface area contributed by atoms with Gasteiger partial charge in [-0.25, -0.2) is 0 Å². The minimum absolute atomic E-state index is 0. The zero-order valence-electron chi connectivity index (χ0n) is 12.3. The molecule has 1 aliphatic rings. The molecule has 1 heterocycles. The Labute approximate surface area is 126 Å². The summed E-state index contributed by atoms with van der Waals surface area (Å²) in [6.07, 6.45) is 2.04. The van der Waals surface area contributed by atoms with Crippen LogP contribution in [0.1, 0.15) is 24.0 Å². The summed E-state index contributed by atoms with van der Waals surface area (Å²) < 4.78 is 5.24. The predicted octanol–water partition coefficient (Wildman–Crippen LogP) is 2.14. The van der Waals surface area contributed by atoms with Gasteiger partial charge in [-0.1, -0.05) is 12.1 Å². The molecule has 1 amide bonds. The largest absolute Gasteiger partial charge is 0.496 e. The Kier molecular flexibility index (Phi) is 6.30. The third-order valence-electron chi connectivity index (χ3n) is 3.61. The van der Waals surface area contributed by atoms with Gasteiger partial charge in [0, 0.05) is 13.6 Å². The maximum atomic E-state index is 12.2. The van der Waals surface area contributed by atoms with Gasteiger partial charge in [0.15, 0.2) is 0 Å². The lowest BCUT2D eigenvalue weighted by Crippen LogP contribution is -2.41. The number of rotatable bonds is 4. The third kappa shape index (κ3) is 3.87. The van der Waals surface area contributed by atoms with Crippen molar-refractivity contribution in [3.05, 3.63) is 29.3 Å². The molecule has 4 nitrogen and oxygen atoms in total. The monoisotopic (exact) mass is 298 g/mol. The van der Waals surface area contributed by atoms with E-state index in [1.807, 2.05) is 26.1 Å². The van der Waals surface area contributed by atoms with E-state index in [1.54, 1.807) is 12.0 Å². The molecule has 2 rings (SSSR count). The number of nitrogens with one attached hydrogen (secondary N) is 1. The first-order chi connectivity index (χ1) is 9.11. The van der Waals surface area contributed by atoms with Crippen molar-refractivity contribution in [3.63, 3.8) is 0 Å². The summed E-state index contributed by atoms with van der Waals surface area (Å²) in [6.45, 7) is 3.61. The van der Waals surface area contributed by atoms with Crippen LogP contribution in [0.4, 0.5) is 0 Å². The first kappa shape index (κ1) is 16.8. The van der Waals surface area contributed by atoms with Crippen LogP contribution < -0.4 is 10.1 Å². The molecule has 5 heteroatoms. The minimum Gasteiger partial charge on any atom is -0.496 e. The second-order valence-electron chi connectivity index (χ2n) is 5.15. The Morgan fingerprint density at radius 3 is 2.80 bits per heavy atom. The Balaban J connectivity index is 0.00000200. The summed E-state index contributed by atoms with van der Waals surface area (Å²) in [4.78, 5) is 14.0.